The Kier molecular flexibility index (Phi) is 2.59. The van der Waals surface area contributed by atoms with Gasteiger partial charge in [-0.15, -0.1) is 0 Å². The highest BCUT2D eigenvalue weighted by Crippen LogP contribution is 2.26. The summed E-state index contributed by atoms with van der Waals surface area (Å²) in [4.78, 5) is 9.64. The fraction of sp³-hybridized carbons (Fsp3) is 0.667. The van der Waals surface area contributed by atoms with Gasteiger partial charge in [0.25, 0.3) is 0 Å². The van der Waals surface area contributed by atoms with Crippen LogP contribution in [0.15, 0.2) is 10.6 Å². The van der Waals surface area contributed by atoms with Crippen LogP contribution < -0.4 is 0 Å². The van der Waals surface area contributed by atoms with Crippen LogP contribution in [0.5, 0.6) is 0 Å². The molecule has 0 saturated heterocycles. The minimum Gasteiger partial charge on any atom is -0.264 e. The van der Waals surface area contributed by atoms with Gasteiger partial charge in [-0.25, -0.2) is 4.39 Å². The molecule has 11 heavy (non-hydrogen) atoms. The molecule has 0 amide bonds. The van der Waals surface area contributed by atoms with E-state index in [-0.39, 0.29) is 12.8 Å². The van der Waals surface area contributed by atoms with Gasteiger partial charge in [0, 0.05) is 17.8 Å². The highest BCUT2D eigenvalue weighted by Gasteiger charge is 2.33. The number of hydrogen-bond donors (Lipinski definition) is 0. The molecular formula is C6H7BrFNO2. The highest BCUT2D eigenvalue weighted by atomic mass is 79.9. The monoisotopic (exact) mass is 223 g/mol. The topological polar surface area (TPSA) is 43.1 Å². The van der Waals surface area contributed by atoms with E-state index in [9.17, 15) is 14.5 Å². The average molecular weight is 224 g/mol. The third kappa shape index (κ3) is 1.99. The minimum atomic E-state index is -1.34. The lowest BCUT2D eigenvalue weighted by Crippen LogP contribution is -2.32. The summed E-state index contributed by atoms with van der Waals surface area (Å²) in [7, 11) is 0. The first-order valence-corrected chi connectivity index (χ1v) is 4.02. The number of allylic oxidation sites excluding steroid dienone is 1. The van der Waals surface area contributed by atoms with Crippen LogP contribution in [0.25, 0.3) is 0 Å². The number of halogens is 2. The number of nitro groups is 1. The lowest BCUT2D eigenvalue weighted by Gasteiger charge is -2.16. The van der Waals surface area contributed by atoms with Gasteiger partial charge in [-0.05, 0) is 4.48 Å². The lowest BCUT2D eigenvalue weighted by atomic mass is 10.0. The lowest BCUT2D eigenvalue weighted by molar-refractivity contribution is -0.530. The standard InChI is InChI=1S/C6H7BrFNO2/c7-4-1-2-6(9(10)11)5(8)3-4/h1,5-6H,2-3H2. The molecule has 5 heteroatoms. The first kappa shape index (κ1) is 8.64. The molecule has 0 saturated carbocycles. The van der Waals surface area contributed by atoms with Crippen molar-refractivity contribution in [3.8, 4) is 0 Å². The van der Waals surface area contributed by atoms with Crippen molar-refractivity contribution >= 4 is 15.9 Å². The van der Waals surface area contributed by atoms with Gasteiger partial charge in [-0.1, -0.05) is 22.0 Å². The molecule has 1 aliphatic carbocycles. The third-order valence-corrected chi connectivity index (χ3v) is 2.31. The normalized spacial score (nSPS) is 31.3. The second-order valence-corrected chi connectivity index (χ2v) is 3.48. The molecule has 0 fully saturated rings. The van der Waals surface area contributed by atoms with Crippen LogP contribution in [0, 0.1) is 10.1 Å². The van der Waals surface area contributed by atoms with Crippen molar-refractivity contribution in [2.45, 2.75) is 25.1 Å². The number of alkyl halides is 1. The summed E-state index contributed by atoms with van der Waals surface area (Å²) in [5.74, 6) is 0. The summed E-state index contributed by atoms with van der Waals surface area (Å²) in [5, 5.41) is 10.2. The average Bonchev–Trinajstić information content (AvgIpc) is 1.85. The maximum atomic E-state index is 12.8. The Hall–Kier alpha value is -0.450. The molecule has 2 unspecified atom stereocenters. The van der Waals surface area contributed by atoms with Crippen molar-refractivity contribution in [2.75, 3.05) is 0 Å². The van der Waals surface area contributed by atoms with Gasteiger partial charge in [-0.3, -0.25) is 10.1 Å². The summed E-state index contributed by atoms with van der Waals surface area (Å²) >= 11 is 3.10. The number of nitrogens with zero attached hydrogens (tertiary/aromatic N) is 1. The van der Waals surface area contributed by atoms with Crippen LogP contribution in [0.3, 0.4) is 0 Å². The van der Waals surface area contributed by atoms with Gasteiger partial charge in [0.1, 0.15) is 0 Å². The fourth-order valence-corrected chi connectivity index (χ4v) is 1.52. The Morgan fingerprint density at radius 1 is 1.82 bits per heavy atom. The van der Waals surface area contributed by atoms with E-state index in [4.69, 9.17) is 0 Å². The Balaban J connectivity index is 2.65. The smallest absolute Gasteiger partial charge is 0.247 e. The van der Waals surface area contributed by atoms with Crippen LogP contribution in [0.1, 0.15) is 12.8 Å². The van der Waals surface area contributed by atoms with Crippen LogP contribution in [0.4, 0.5) is 4.39 Å². The van der Waals surface area contributed by atoms with Crippen LogP contribution in [0.2, 0.25) is 0 Å². The number of hydrogen-bond acceptors (Lipinski definition) is 2. The highest BCUT2D eigenvalue weighted by molar-refractivity contribution is 9.11. The zero-order valence-corrected chi connectivity index (χ0v) is 7.25. The largest absolute Gasteiger partial charge is 0.264 e. The van der Waals surface area contributed by atoms with Gasteiger partial charge in [0.2, 0.25) is 6.04 Å². The zero-order valence-electron chi connectivity index (χ0n) is 5.67. The molecule has 0 aliphatic heterocycles. The maximum Gasteiger partial charge on any atom is 0.247 e. The molecule has 0 aromatic rings. The van der Waals surface area contributed by atoms with Crippen molar-refractivity contribution in [3.63, 3.8) is 0 Å². The van der Waals surface area contributed by atoms with E-state index < -0.39 is 17.1 Å². The van der Waals surface area contributed by atoms with E-state index in [2.05, 4.69) is 15.9 Å². The van der Waals surface area contributed by atoms with E-state index in [1.54, 1.807) is 6.08 Å². The fourth-order valence-electron chi connectivity index (χ4n) is 1.02. The van der Waals surface area contributed by atoms with Crippen LogP contribution in [-0.4, -0.2) is 17.1 Å². The molecule has 1 aliphatic rings. The SMILES string of the molecule is O=[N+]([O-])C1CC=C(Br)CC1F. The van der Waals surface area contributed by atoms with Gasteiger partial charge < -0.3 is 0 Å². The molecule has 62 valence electrons. The van der Waals surface area contributed by atoms with Gasteiger partial charge in [0.05, 0.1) is 0 Å². The Morgan fingerprint density at radius 2 is 2.45 bits per heavy atom. The van der Waals surface area contributed by atoms with Gasteiger partial charge >= 0.3 is 0 Å². The molecule has 3 nitrogen and oxygen atoms in total. The summed E-state index contributed by atoms with van der Waals surface area (Å²) in [6.07, 6.45) is 0.633. The Morgan fingerprint density at radius 3 is 2.91 bits per heavy atom. The molecule has 0 radical (unpaired) electrons. The summed E-state index contributed by atoms with van der Waals surface area (Å²) in [6.45, 7) is 0. The third-order valence-electron chi connectivity index (χ3n) is 1.66. The number of rotatable bonds is 1. The summed E-state index contributed by atoms with van der Waals surface area (Å²) in [5.41, 5.74) is 0. The van der Waals surface area contributed by atoms with Crippen molar-refractivity contribution in [2.24, 2.45) is 0 Å². The Bertz CT molecular complexity index is 207. The van der Waals surface area contributed by atoms with E-state index >= 15 is 0 Å². The molecule has 0 heterocycles. The molecule has 0 aromatic heterocycles. The van der Waals surface area contributed by atoms with E-state index in [0.717, 1.165) is 4.48 Å². The molecule has 1 rings (SSSR count). The predicted molar refractivity (Wildman–Crippen MR) is 41.9 cm³/mol. The predicted octanol–water partition coefficient (Wildman–Crippen LogP) is 2.04. The van der Waals surface area contributed by atoms with E-state index in [1.807, 2.05) is 0 Å². The van der Waals surface area contributed by atoms with Gasteiger partial charge in [-0.2, -0.15) is 0 Å². The van der Waals surface area contributed by atoms with Crippen molar-refractivity contribution in [1.29, 1.82) is 0 Å². The summed E-state index contributed by atoms with van der Waals surface area (Å²) < 4.78 is 13.6. The summed E-state index contributed by atoms with van der Waals surface area (Å²) in [6, 6.07) is -1.05. The minimum absolute atomic E-state index is 0.131. The first-order valence-electron chi connectivity index (χ1n) is 3.23. The molecule has 0 aromatic carbocycles. The first-order chi connectivity index (χ1) is 5.11. The van der Waals surface area contributed by atoms with Crippen molar-refractivity contribution < 1.29 is 9.31 Å². The molecule has 0 bridgehead atoms. The van der Waals surface area contributed by atoms with Crippen molar-refractivity contribution in [3.05, 3.63) is 20.7 Å². The van der Waals surface area contributed by atoms with Crippen LogP contribution in [-0.2, 0) is 0 Å². The second-order valence-electron chi connectivity index (χ2n) is 2.46. The Labute approximate surface area is 71.6 Å². The molecular weight excluding hydrogens is 217 g/mol. The quantitative estimate of drug-likeness (QED) is 0.505. The molecule has 2 atom stereocenters. The van der Waals surface area contributed by atoms with Crippen molar-refractivity contribution in [1.82, 2.24) is 0 Å². The molecule has 0 N–H and O–H groups in total. The van der Waals surface area contributed by atoms with E-state index in [0.29, 0.717) is 0 Å². The zero-order chi connectivity index (χ0) is 8.43. The second kappa shape index (κ2) is 3.30. The van der Waals surface area contributed by atoms with Gasteiger partial charge in [0.15, 0.2) is 6.17 Å². The van der Waals surface area contributed by atoms with Crippen LogP contribution >= 0.6 is 15.9 Å². The maximum absolute atomic E-state index is 12.8. The molecule has 0 spiro atoms. The van der Waals surface area contributed by atoms with E-state index in [1.165, 1.54) is 0 Å².